The molecule has 0 aliphatic carbocycles. The predicted octanol–water partition coefficient (Wildman–Crippen LogP) is 6.00. The molecule has 1 fully saturated rings. The van der Waals surface area contributed by atoms with Crippen molar-refractivity contribution in [3.8, 4) is 11.1 Å². The van der Waals surface area contributed by atoms with E-state index in [4.69, 9.17) is 9.72 Å². The van der Waals surface area contributed by atoms with Crippen LogP contribution in [0.15, 0.2) is 91.3 Å². The molecule has 3 aromatic carbocycles. The maximum absolute atomic E-state index is 12.7. The van der Waals surface area contributed by atoms with Gasteiger partial charge in [0.25, 0.3) is 0 Å². The van der Waals surface area contributed by atoms with Crippen LogP contribution in [0.2, 0.25) is 0 Å². The molecule has 2 aromatic heterocycles. The first-order chi connectivity index (χ1) is 19.1. The number of nitrogens with zero attached hydrogens (tertiary/aromatic N) is 2. The lowest BCUT2D eigenvalue weighted by Gasteiger charge is -2.20. The molecule has 194 valence electrons. The van der Waals surface area contributed by atoms with Gasteiger partial charge in [0.15, 0.2) is 0 Å². The first kappa shape index (κ1) is 24.2. The number of ether oxygens (including phenoxy) is 1. The summed E-state index contributed by atoms with van der Waals surface area (Å²) in [5.41, 5.74) is 4.41. The Morgan fingerprint density at radius 2 is 1.74 bits per heavy atom. The van der Waals surface area contributed by atoms with Crippen molar-refractivity contribution in [1.82, 2.24) is 15.2 Å². The topological polar surface area (TPSA) is 121 Å². The van der Waals surface area contributed by atoms with Crippen molar-refractivity contribution in [2.75, 3.05) is 22.6 Å². The number of nitrogens with one attached hydrogen (secondary N) is 4. The van der Waals surface area contributed by atoms with E-state index in [0.29, 0.717) is 17.9 Å². The van der Waals surface area contributed by atoms with Crippen LogP contribution in [0.1, 0.15) is 12.8 Å². The molecule has 9 nitrogen and oxygen atoms in total. The molecule has 0 saturated carbocycles. The summed E-state index contributed by atoms with van der Waals surface area (Å²) in [6.07, 6.45) is 4.28. The van der Waals surface area contributed by atoms with Crippen molar-refractivity contribution in [2.24, 2.45) is 5.92 Å². The Morgan fingerprint density at radius 1 is 0.897 bits per heavy atom. The minimum Gasteiger partial charge on any atom is -0.466 e. The molecule has 1 aliphatic heterocycles. The Labute approximate surface area is 224 Å². The highest BCUT2D eigenvalue weighted by molar-refractivity contribution is 5.97. The second-order valence-corrected chi connectivity index (χ2v) is 9.37. The van der Waals surface area contributed by atoms with Crippen molar-refractivity contribution in [1.29, 1.82) is 0 Å². The number of aromatic nitrogens is 3. The number of hydrogen-bond donors (Lipinski definition) is 4. The minimum atomic E-state index is -0.382. The van der Waals surface area contributed by atoms with Crippen molar-refractivity contribution in [3.63, 3.8) is 0 Å². The fourth-order valence-electron chi connectivity index (χ4n) is 4.62. The van der Waals surface area contributed by atoms with E-state index in [1.165, 1.54) is 0 Å². The van der Waals surface area contributed by atoms with Gasteiger partial charge in [-0.05, 0) is 53.8 Å². The van der Waals surface area contributed by atoms with Gasteiger partial charge in [0.1, 0.15) is 11.6 Å². The first-order valence-electron chi connectivity index (χ1n) is 12.7. The molecule has 1 saturated heterocycles. The van der Waals surface area contributed by atoms with Gasteiger partial charge < -0.3 is 20.7 Å². The number of aromatic amines is 1. The Hall–Kier alpha value is -5.18. The number of fused-ring (bicyclic) bond motifs is 1. The average molecular weight is 519 g/mol. The number of H-pyrrole nitrogens is 1. The number of amides is 1. The SMILES string of the molecule is O=C1CC(C(=O)Nc2cccc(Nc3cc4ccccc4c(Nc4ccc(-c5cn[nH]c5)cc4)n3)c2)CCO1. The fourth-order valence-corrected chi connectivity index (χ4v) is 4.62. The van der Waals surface area contributed by atoms with Gasteiger partial charge in [0, 0.05) is 34.2 Å². The van der Waals surface area contributed by atoms with Crippen LogP contribution >= 0.6 is 0 Å². The lowest BCUT2D eigenvalue weighted by Crippen LogP contribution is -2.31. The van der Waals surface area contributed by atoms with Gasteiger partial charge >= 0.3 is 5.97 Å². The highest BCUT2D eigenvalue weighted by Gasteiger charge is 2.27. The van der Waals surface area contributed by atoms with E-state index < -0.39 is 0 Å². The molecule has 5 aromatic rings. The summed E-state index contributed by atoms with van der Waals surface area (Å²) in [6.45, 7) is 0.275. The summed E-state index contributed by atoms with van der Waals surface area (Å²) in [5.74, 6) is 0.479. The second-order valence-electron chi connectivity index (χ2n) is 9.37. The largest absolute Gasteiger partial charge is 0.466 e. The van der Waals surface area contributed by atoms with Crippen LogP contribution in [-0.4, -0.2) is 33.7 Å². The van der Waals surface area contributed by atoms with Crippen LogP contribution in [0, 0.1) is 5.92 Å². The molecular weight excluding hydrogens is 492 g/mol. The van der Waals surface area contributed by atoms with E-state index in [2.05, 4.69) is 26.1 Å². The van der Waals surface area contributed by atoms with Gasteiger partial charge in [0.2, 0.25) is 5.91 Å². The molecule has 4 N–H and O–H groups in total. The molecule has 0 radical (unpaired) electrons. The van der Waals surface area contributed by atoms with Crippen molar-refractivity contribution >= 4 is 51.3 Å². The Kier molecular flexibility index (Phi) is 6.61. The summed E-state index contributed by atoms with van der Waals surface area (Å²) in [5, 5.41) is 18.6. The fraction of sp³-hybridized carbons (Fsp3) is 0.133. The highest BCUT2D eigenvalue weighted by Crippen LogP contribution is 2.30. The molecule has 0 spiro atoms. The number of rotatable bonds is 7. The maximum Gasteiger partial charge on any atom is 0.306 e. The summed E-state index contributed by atoms with van der Waals surface area (Å²) >= 11 is 0. The monoisotopic (exact) mass is 518 g/mol. The van der Waals surface area contributed by atoms with Gasteiger partial charge in [-0.2, -0.15) is 5.10 Å². The van der Waals surface area contributed by atoms with Crippen LogP contribution in [0.5, 0.6) is 0 Å². The number of carbonyl (C=O) groups excluding carboxylic acids is 2. The zero-order chi connectivity index (χ0) is 26.6. The minimum absolute atomic E-state index is 0.104. The molecular formula is C30H26N6O3. The normalized spacial score (nSPS) is 15.0. The molecule has 39 heavy (non-hydrogen) atoms. The van der Waals surface area contributed by atoms with Crippen molar-refractivity contribution in [3.05, 3.63) is 91.3 Å². The predicted molar refractivity (Wildman–Crippen MR) is 151 cm³/mol. The van der Waals surface area contributed by atoms with E-state index >= 15 is 0 Å². The van der Waals surface area contributed by atoms with Gasteiger partial charge in [-0.15, -0.1) is 0 Å². The maximum atomic E-state index is 12.7. The molecule has 9 heteroatoms. The third kappa shape index (κ3) is 5.57. The quantitative estimate of drug-likeness (QED) is 0.195. The van der Waals surface area contributed by atoms with E-state index in [1.807, 2.05) is 85.1 Å². The van der Waals surface area contributed by atoms with Gasteiger partial charge in [-0.3, -0.25) is 14.7 Å². The Bertz CT molecular complexity index is 1630. The number of esters is 1. The van der Waals surface area contributed by atoms with Gasteiger partial charge in [-0.1, -0.05) is 42.5 Å². The standard InChI is InChI=1S/C30H26N6O3/c37-28-15-21(12-13-39-28)30(38)35-25-6-3-5-24(16-25)33-27-14-20-4-1-2-7-26(20)29(36-27)34-23-10-8-19(9-11-23)22-17-31-32-18-22/h1-11,14,16-18,21H,12-13,15H2,(H,31,32)(H,35,38)(H2,33,34,36). The van der Waals surface area contributed by atoms with Crippen molar-refractivity contribution in [2.45, 2.75) is 12.8 Å². The van der Waals surface area contributed by atoms with Gasteiger partial charge in [0.05, 0.1) is 25.1 Å². The average Bonchev–Trinajstić information content (AvgIpc) is 3.49. The zero-order valence-corrected chi connectivity index (χ0v) is 21.0. The summed E-state index contributed by atoms with van der Waals surface area (Å²) in [6, 6.07) is 25.6. The molecule has 1 unspecified atom stereocenters. The van der Waals surface area contributed by atoms with Crippen LogP contribution in [0.3, 0.4) is 0 Å². The zero-order valence-electron chi connectivity index (χ0n) is 21.0. The number of hydrogen-bond acceptors (Lipinski definition) is 7. The molecule has 1 atom stereocenters. The van der Waals surface area contributed by atoms with E-state index in [1.54, 1.807) is 6.20 Å². The number of pyridine rings is 1. The summed E-state index contributed by atoms with van der Waals surface area (Å²) in [7, 11) is 0. The van der Waals surface area contributed by atoms with Crippen LogP contribution in [0.25, 0.3) is 21.9 Å². The van der Waals surface area contributed by atoms with E-state index in [-0.39, 0.29) is 30.8 Å². The smallest absolute Gasteiger partial charge is 0.306 e. The molecule has 1 amide bonds. The van der Waals surface area contributed by atoms with Crippen LogP contribution in [-0.2, 0) is 14.3 Å². The number of carbonyl (C=O) groups is 2. The van der Waals surface area contributed by atoms with E-state index in [9.17, 15) is 9.59 Å². The number of benzene rings is 3. The summed E-state index contributed by atoms with van der Waals surface area (Å²) < 4.78 is 4.95. The third-order valence-electron chi connectivity index (χ3n) is 6.64. The first-order valence-corrected chi connectivity index (χ1v) is 12.7. The molecule has 0 bridgehead atoms. The molecule has 3 heterocycles. The Morgan fingerprint density at radius 3 is 2.56 bits per heavy atom. The summed E-state index contributed by atoms with van der Waals surface area (Å²) in [4.78, 5) is 29.1. The van der Waals surface area contributed by atoms with Crippen LogP contribution in [0.4, 0.5) is 28.7 Å². The second kappa shape index (κ2) is 10.7. The van der Waals surface area contributed by atoms with E-state index in [0.717, 1.165) is 39.1 Å². The third-order valence-corrected chi connectivity index (χ3v) is 6.64. The van der Waals surface area contributed by atoms with Gasteiger partial charge in [-0.25, -0.2) is 4.98 Å². The Balaban J connectivity index is 1.22. The highest BCUT2D eigenvalue weighted by atomic mass is 16.5. The molecule has 6 rings (SSSR count). The lowest BCUT2D eigenvalue weighted by atomic mass is 9.99. The van der Waals surface area contributed by atoms with Crippen LogP contribution < -0.4 is 16.0 Å². The van der Waals surface area contributed by atoms with Crippen molar-refractivity contribution < 1.29 is 14.3 Å². The lowest BCUT2D eigenvalue weighted by molar-refractivity contribution is -0.151. The molecule has 1 aliphatic rings. The number of cyclic esters (lactones) is 1. The number of anilines is 5.